The predicted molar refractivity (Wildman–Crippen MR) is 151 cm³/mol. The number of H-pyrrole nitrogens is 1. The molecule has 0 atom stereocenters. The number of benzene rings is 2. The van der Waals surface area contributed by atoms with Gasteiger partial charge in [-0.1, -0.05) is 30.3 Å². The summed E-state index contributed by atoms with van der Waals surface area (Å²) in [6.07, 6.45) is 5.70. The molecule has 2 amide bonds. The van der Waals surface area contributed by atoms with Gasteiger partial charge in [0.25, 0.3) is 5.91 Å². The third-order valence-corrected chi connectivity index (χ3v) is 10.1. The van der Waals surface area contributed by atoms with E-state index in [2.05, 4.69) is 16.3 Å². The number of amides is 2. The summed E-state index contributed by atoms with van der Waals surface area (Å²) >= 11 is 0. The monoisotopic (exact) mass is 560 g/mol. The number of sulfonamides is 1. The standard InChI is InChI=1S/C29H32N6O4S/c1-40(38,39)34-12-10-29(11-13-34)28(37)35(18-19-16-33(17-19)27(36)22-6-7-22)26(31-29)21-4-2-20(3-5-21)23-8-9-25-24(14-23)15-30-32-25/h2-5,8-9,14-15,19,22H,6-7,10-13,16-18H2,1H3,(H,30,32). The second kappa shape index (κ2) is 9.24. The minimum Gasteiger partial charge on any atom is -0.342 e. The maximum absolute atomic E-state index is 14.0. The first-order valence-electron chi connectivity index (χ1n) is 13.9. The lowest BCUT2D eigenvalue weighted by molar-refractivity contribution is -0.140. The smallest absolute Gasteiger partial charge is 0.256 e. The lowest BCUT2D eigenvalue weighted by Crippen LogP contribution is -2.57. The number of carbonyl (C=O) groups is 2. The number of amidine groups is 1. The van der Waals surface area contributed by atoms with Gasteiger partial charge in [0.1, 0.15) is 11.4 Å². The first-order valence-corrected chi connectivity index (χ1v) is 15.7. The molecule has 1 saturated carbocycles. The highest BCUT2D eigenvalue weighted by Crippen LogP contribution is 2.38. The van der Waals surface area contributed by atoms with Crippen LogP contribution >= 0.6 is 0 Å². The number of aromatic nitrogens is 2. The van der Waals surface area contributed by atoms with Crippen molar-refractivity contribution in [2.24, 2.45) is 16.8 Å². The Balaban J connectivity index is 1.15. The van der Waals surface area contributed by atoms with E-state index in [1.54, 1.807) is 11.1 Å². The average Bonchev–Trinajstić information content (AvgIpc) is 3.61. The zero-order valence-electron chi connectivity index (χ0n) is 22.4. The molecule has 0 unspecified atom stereocenters. The van der Waals surface area contributed by atoms with E-state index >= 15 is 0 Å². The van der Waals surface area contributed by atoms with Crippen molar-refractivity contribution in [3.05, 3.63) is 54.2 Å². The second-order valence-electron chi connectivity index (χ2n) is 11.7. The van der Waals surface area contributed by atoms with Crippen molar-refractivity contribution in [3.63, 3.8) is 0 Å². The lowest BCUT2D eigenvalue weighted by atomic mass is 9.88. The SMILES string of the molecule is CS(=O)(=O)N1CCC2(CC1)N=C(c1ccc(-c3ccc4[nH]ncc4c3)cc1)N(CC1CN(C(=O)C3CC3)C1)C2=O. The molecule has 3 fully saturated rings. The summed E-state index contributed by atoms with van der Waals surface area (Å²) in [5, 5.41) is 8.11. The van der Waals surface area contributed by atoms with Crippen molar-refractivity contribution in [2.45, 2.75) is 31.2 Å². The fourth-order valence-electron chi connectivity index (χ4n) is 6.21. The summed E-state index contributed by atoms with van der Waals surface area (Å²) < 4.78 is 25.7. The molecule has 1 spiro atoms. The Labute approximate surface area is 233 Å². The minimum atomic E-state index is -3.32. The fourth-order valence-corrected chi connectivity index (χ4v) is 7.05. The van der Waals surface area contributed by atoms with Crippen molar-refractivity contribution in [1.29, 1.82) is 0 Å². The number of aliphatic imine (C=N–C) groups is 1. The Morgan fingerprint density at radius 2 is 1.70 bits per heavy atom. The normalized spacial score (nSPS) is 21.7. The molecule has 0 radical (unpaired) electrons. The number of carbonyl (C=O) groups excluding carboxylic acids is 2. The zero-order valence-corrected chi connectivity index (χ0v) is 23.2. The number of fused-ring (bicyclic) bond motifs is 1. The van der Waals surface area contributed by atoms with Crippen LogP contribution in [0.5, 0.6) is 0 Å². The van der Waals surface area contributed by atoms with Gasteiger partial charge in [0.2, 0.25) is 15.9 Å². The Hall–Kier alpha value is -3.57. The Morgan fingerprint density at radius 3 is 2.38 bits per heavy atom. The Bertz CT molecular complexity index is 1630. The molecule has 0 bridgehead atoms. The van der Waals surface area contributed by atoms with E-state index in [4.69, 9.17) is 4.99 Å². The third kappa shape index (κ3) is 4.41. The fraction of sp³-hybridized carbons (Fsp3) is 0.448. The molecule has 1 aromatic heterocycles. The molecule has 4 heterocycles. The van der Waals surface area contributed by atoms with Crippen LogP contribution in [0.1, 0.15) is 31.2 Å². The van der Waals surface area contributed by atoms with Crippen LogP contribution in [-0.4, -0.2) is 94.9 Å². The van der Waals surface area contributed by atoms with E-state index in [1.807, 2.05) is 41.3 Å². The molecule has 11 heteroatoms. The molecule has 1 aliphatic carbocycles. The summed E-state index contributed by atoms with van der Waals surface area (Å²) in [7, 11) is -3.32. The van der Waals surface area contributed by atoms with E-state index in [0.29, 0.717) is 38.3 Å². The first-order chi connectivity index (χ1) is 19.2. The van der Waals surface area contributed by atoms with Gasteiger partial charge in [0.15, 0.2) is 0 Å². The number of piperidine rings is 1. The first kappa shape index (κ1) is 25.4. The van der Waals surface area contributed by atoms with Gasteiger partial charge in [0.05, 0.1) is 18.0 Å². The Morgan fingerprint density at radius 1 is 1.02 bits per heavy atom. The van der Waals surface area contributed by atoms with E-state index in [1.165, 1.54) is 10.6 Å². The van der Waals surface area contributed by atoms with Gasteiger partial charge < -0.3 is 4.90 Å². The lowest BCUT2D eigenvalue weighted by Gasteiger charge is -2.42. The van der Waals surface area contributed by atoms with Crippen LogP contribution in [0.25, 0.3) is 22.0 Å². The average molecular weight is 561 g/mol. The maximum Gasteiger partial charge on any atom is 0.256 e. The molecule has 10 nitrogen and oxygen atoms in total. The molecule has 4 aliphatic rings. The molecule has 40 heavy (non-hydrogen) atoms. The summed E-state index contributed by atoms with van der Waals surface area (Å²) in [5.74, 6) is 1.22. The Kier molecular flexibility index (Phi) is 5.87. The maximum atomic E-state index is 14.0. The van der Waals surface area contributed by atoms with Gasteiger partial charge in [-0.2, -0.15) is 5.10 Å². The van der Waals surface area contributed by atoms with Crippen molar-refractivity contribution in [1.82, 2.24) is 24.3 Å². The quantitative estimate of drug-likeness (QED) is 0.497. The van der Waals surface area contributed by atoms with Crippen LogP contribution in [-0.2, 0) is 19.6 Å². The third-order valence-electron chi connectivity index (χ3n) is 8.79. The summed E-state index contributed by atoms with van der Waals surface area (Å²) in [4.78, 5) is 35.2. The predicted octanol–water partition coefficient (Wildman–Crippen LogP) is 2.48. The van der Waals surface area contributed by atoms with Crippen LogP contribution in [0.2, 0.25) is 0 Å². The highest BCUT2D eigenvalue weighted by atomic mass is 32.2. The molecule has 3 aliphatic heterocycles. The second-order valence-corrected chi connectivity index (χ2v) is 13.7. The number of aromatic amines is 1. The number of nitrogens with zero attached hydrogens (tertiary/aromatic N) is 5. The largest absolute Gasteiger partial charge is 0.342 e. The number of hydrogen-bond acceptors (Lipinski definition) is 6. The topological polar surface area (TPSA) is 119 Å². The summed E-state index contributed by atoms with van der Waals surface area (Å²) in [5.41, 5.74) is 3.01. The molecule has 208 valence electrons. The van der Waals surface area contributed by atoms with Gasteiger partial charge in [-0.25, -0.2) is 12.7 Å². The van der Waals surface area contributed by atoms with Gasteiger partial charge in [-0.15, -0.1) is 0 Å². The van der Waals surface area contributed by atoms with Crippen molar-refractivity contribution < 1.29 is 18.0 Å². The van der Waals surface area contributed by atoms with Gasteiger partial charge >= 0.3 is 0 Å². The van der Waals surface area contributed by atoms with Gasteiger partial charge in [-0.3, -0.25) is 24.6 Å². The summed E-state index contributed by atoms with van der Waals surface area (Å²) in [6, 6.07) is 14.2. The van der Waals surface area contributed by atoms with Crippen molar-refractivity contribution in [3.8, 4) is 11.1 Å². The zero-order chi connectivity index (χ0) is 27.6. The van der Waals surface area contributed by atoms with E-state index in [0.717, 1.165) is 40.4 Å². The van der Waals surface area contributed by atoms with Gasteiger partial charge in [0, 0.05) is 55.5 Å². The molecular weight excluding hydrogens is 528 g/mol. The molecule has 2 saturated heterocycles. The molecule has 7 rings (SSSR count). The van der Waals surface area contributed by atoms with E-state index in [9.17, 15) is 18.0 Å². The van der Waals surface area contributed by atoms with E-state index < -0.39 is 15.6 Å². The molecule has 1 N–H and O–H groups in total. The van der Waals surface area contributed by atoms with E-state index in [-0.39, 0.29) is 36.7 Å². The van der Waals surface area contributed by atoms with Crippen LogP contribution < -0.4 is 0 Å². The van der Waals surface area contributed by atoms with Gasteiger partial charge in [-0.05, 0) is 48.9 Å². The molecule has 2 aromatic carbocycles. The molecular formula is C29H32N6O4S. The minimum absolute atomic E-state index is 0.0582. The highest BCUT2D eigenvalue weighted by Gasteiger charge is 2.52. The molecule has 3 aromatic rings. The summed E-state index contributed by atoms with van der Waals surface area (Å²) in [6.45, 7) is 2.38. The van der Waals surface area contributed by atoms with Crippen LogP contribution in [0, 0.1) is 11.8 Å². The van der Waals surface area contributed by atoms with Crippen molar-refractivity contribution in [2.75, 3.05) is 39.0 Å². The van der Waals surface area contributed by atoms with Crippen molar-refractivity contribution >= 4 is 38.6 Å². The number of nitrogens with one attached hydrogen (secondary N) is 1. The van der Waals surface area contributed by atoms with Crippen LogP contribution in [0.4, 0.5) is 0 Å². The highest BCUT2D eigenvalue weighted by molar-refractivity contribution is 7.88. The number of hydrogen-bond donors (Lipinski definition) is 1. The van der Waals surface area contributed by atoms with Crippen LogP contribution in [0.3, 0.4) is 0 Å². The number of likely N-dealkylation sites (tertiary alicyclic amines) is 1. The number of rotatable bonds is 6. The van der Waals surface area contributed by atoms with Crippen LogP contribution in [0.15, 0.2) is 53.7 Å².